The summed E-state index contributed by atoms with van der Waals surface area (Å²) in [5.41, 5.74) is 1.27. The molecule has 0 aromatic carbocycles. The number of nitrogens with one attached hydrogen (secondary N) is 1. The molecule has 138 valence electrons. The third kappa shape index (κ3) is 5.99. The molecule has 0 aromatic rings. The van der Waals surface area contributed by atoms with E-state index in [1.54, 1.807) is 0 Å². The fraction of sp³-hybridized carbons (Fsp3) is 0.800. The van der Waals surface area contributed by atoms with Gasteiger partial charge in [-0.15, -0.1) is 0 Å². The van der Waals surface area contributed by atoms with Crippen molar-refractivity contribution in [2.45, 2.75) is 77.4 Å². The number of ether oxygens (including phenoxy) is 3. The minimum Gasteiger partial charge on any atom is -0.376 e. The number of likely N-dealkylation sites (N-methyl/N-ethyl adjacent to an activating group) is 1. The maximum atomic E-state index is 6.21. The Morgan fingerprint density at radius 1 is 1.12 bits per heavy atom. The van der Waals surface area contributed by atoms with Gasteiger partial charge in [-0.2, -0.15) is 0 Å². The largest absolute Gasteiger partial charge is 0.376 e. The molecule has 2 fully saturated rings. The smallest absolute Gasteiger partial charge is 0.0784 e. The standard InChI is InChI=1S/C20H35NO3/c1-14(6-8-18-13-16(3)22-10-11-23-18)7-9-20-15(2)12-19(21-5)17(4)24-20/h6-8,15-21H,9-13H2,1-5H3/b8-6+,14-7+. The minimum absolute atomic E-state index is 0.159. The Morgan fingerprint density at radius 3 is 2.62 bits per heavy atom. The summed E-state index contributed by atoms with van der Waals surface area (Å²) < 4.78 is 17.6. The molecule has 2 rings (SSSR count). The lowest BCUT2D eigenvalue weighted by atomic mass is 9.88. The van der Waals surface area contributed by atoms with Crippen LogP contribution in [0.4, 0.5) is 0 Å². The van der Waals surface area contributed by atoms with Gasteiger partial charge in [0.2, 0.25) is 0 Å². The van der Waals surface area contributed by atoms with Crippen LogP contribution in [0.25, 0.3) is 0 Å². The third-order valence-electron chi connectivity index (χ3n) is 5.22. The zero-order chi connectivity index (χ0) is 17.5. The Kier molecular flexibility index (Phi) is 7.95. The predicted octanol–water partition coefficient (Wildman–Crippen LogP) is 3.47. The van der Waals surface area contributed by atoms with Crippen LogP contribution in [0.5, 0.6) is 0 Å². The summed E-state index contributed by atoms with van der Waals surface area (Å²) in [6, 6.07) is 0.470. The maximum Gasteiger partial charge on any atom is 0.0784 e. The first-order valence-electron chi connectivity index (χ1n) is 9.40. The molecule has 0 saturated carbocycles. The van der Waals surface area contributed by atoms with E-state index in [2.05, 4.69) is 51.2 Å². The van der Waals surface area contributed by atoms with Gasteiger partial charge in [0.15, 0.2) is 0 Å². The van der Waals surface area contributed by atoms with Gasteiger partial charge in [0, 0.05) is 12.5 Å². The second-order valence-electron chi connectivity index (χ2n) is 7.36. The first-order chi connectivity index (χ1) is 11.5. The van der Waals surface area contributed by atoms with E-state index in [9.17, 15) is 0 Å². The van der Waals surface area contributed by atoms with Crippen molar-refractivity contribution in [3.8, 4) is 0 Å². The van der Waals surface area contributed by atoms with E-state index in [4.69, 9.17) is 14.2 Å². The van der Waals surface area contributed by atoms with Crippen molar-refractivity contribution in [3.63, 3.8) is 0 Å². The summed E-state index contributed by atoms with van der Waals surface area (Å²) in [6.07, 6.45) is 10.7. The van der Waals surface area contributed by atoms with Crippen LogP contribution in [-0.4, -0.2) is 50.7 Å². The summed E-state index contributed by atoms with van der Waals surface area (Å²) in [4.78, 5) is 0. The van der Waals surface area contributed by atoms with Crippen LogP contribution in [0.3, 0.4) is 0 Å². The van der Waals surface area contributed by atoms with Crippen molar-refractivity contribution in [2.75, 3.05) is 20.3 Å². The van der Waals surface area contributed by atoms with Crippen LogP contribution in [0.2, 0.25) is 0 Å². The average molecular weight is 338 g/mol. The Bertz CT molecular complexity index is 435. The van der Waals surface area contributed by atoms with Gasteiger partial charge in [0.1, 0.15) is 0 Å². The molecule has 24 heavy (non-hydrogen) atoms. The second-order valence-corrected chi connectivity index (χ2v) is 7.36. The van der Waals surface area contributed by atoms with Crippen LogP contribution < -0.4 is 5.32 Å². The molecule has 0 bridgehead atoms. The zero-order valence-electron chi connectivity index (χ0n) is 16.0. The molecule has 0 amide bonds. The maximum absolute atomic E-state index is 6.21. The molecule has 1 N–H and O–H groups in total. The molecule has 2 heterocycles. The van der Waals surface area contributed by atoms with Crippen molar-refractivity contribution in [2.24, 2.45) is 5.92 Å². The normalized spacial score (nSPS) is 39.1. The highest BCUT2D eigenvalue weighted by molar-refractivity contribution is 5.17. The van der Waals surface area contributed by atoms with Gasteiger partial charge >= 0.3 is 0 Å². The first-order valence-corrected chi connectivity index (χ1v) is 9.40. The molecule has 6 unspecified atom stereocenters. The minimum atomic E-state index is 0.159. The van der Waals surface area contributed by atoms with Crippen LogP contribution in [0.1, 0.15) is 47.0 Å². The number of allylic oxidation sites excluding steroid dienone is 2. The topological polar surface area (TPSA) is 39.7 Å². The molecule has 2 aliphatic rings. The molecule has 4 heteroatoms. The van der Waals surface area contributed by atoms with Crippen LogP contribution in [-0.2, 0) is 14.2 Å². The van der Waals surface area contributed by atoms with Crippen LogP contribution in [0, 0.1) is 5.92 Å². The highest BCUT2D eigenvalue weighted by Gasteiger charge is 2.31. The fourth-order valence-electron chi connectivity index (χ4n) is 3.56. The van der Waals surface area contributed by atoms with Gasteiger partial charge in [-0.25, -0.2) is 0 Å². The van der Waals surface area contributed by atoms with E-state index < -0.39 is 0 Å². The Hall–Kier alpha value is -0.680. The SMILES string of the molecule is CNC1CC(C)C(C/C=C(C)/C=C/C2CC(C)OCCO2)OC1C. The quantitative estimate of drug-likeness (QED) is 0.780. The van der Waals surface area contributed by atoms with Gasteiger partial charge in [-0.1, -0.05) is 30.7 Å². The highest BCUT2D eigenvalue weighted by atomic mass is 16.5. The Labute approximate surface area is 147 Å². The zero-order valence-corrected chi connectivity index (χ0v) is 16.0. The number of hydrogen-bond acceptors (Lipinski definition) is 4. The molecular formula is C20H35NO3. The van der Waals surface area contributed by atoms with Crippen LogP contribution in [0.15, 0.2) is 23.8 Å². The van der Waals surface area contributed by atoms with E-state index >= 15 is 0 Å². The Balaban J connectivity index is 1.83. The second kappa shape index (κ2) is 9.71. The summed E-state index contributed by atoms with van der Waals surface area (Å²) in [5, 5.41) is 3.36. The van der Waals surface area contributed by atoms with E-state index in [0.29, 0.717) is 31.3 Å². The summed E-state index contributed by atoms with van der Waals surface area (Å²) in [6.45, 7) is 10.1. The highest BCUT2D eigenvalue weighted by Crippen LogP contribution is 2.27. The van der Waals surface area contributed by atoms with E-state index in [-0.39, 0.29) is 18.3 Å². The molecule has 6 atom stereocenters. The van der Waals surface area contributed by atoms with Crippen molar-refractivity contribution in [1.29, 1.82) is 0 Å². The summed E-state index contributed by atoms with van der Waals surface area (Å²) in [7, 11) is 2.02. The summed E-state index contributed by atoms with van der Waals surface area (Å²) >= 11 is 0. The molecule has 0 spiro atoms. The average Bonchev–Trinajstić information content (AvgIpc) is 2.77. The van der Waals surface area contributed by atoms with Gasteiger partial charge in [0.05, 0.1) is 37.6 Å². The van der Waals surface area contributed by atoms with Gasteiger partial charge in [0.25, 0.3) is 0 Å². The monoisotopic (exact) mass is 337 g/mol. The predicted molar refractivity (Wildman–Crippen MR) is 98.2 cm³/mol. The van der Waals surface area contributed by atoms with Gasteiger partial charge in [-0.05, 0) is 46.6 Å². The van der Waals surface area contributed by atoms with Crippen LogP contribution >= 0.6 is 0 Å². The lowest BCUT2D eigenvalue weighted by molar-refractivity contribution is -0.0845. The number of rotatable bonds is 5. The van der Waals surface area contributed by atoms with Gasteiger partial charge < -0.3 is 19.5 Å². The number of hydrogen-bond donors (Lipinski definition) is 1. The molecule has 2 aliphatic heterocycles. The molecular weight excluding hydrogens is 302 g/mol. The molecule has 4 nitrogen and oxygen atoms in total. The van der Waals surface area contributed by atoms with Crippen molar-refractivity contribution < 1.29 is 14.2 Å². The van der Waals surface area contributed by atoms with Gasteiger partial charge in [-0.3, -0.25) is 0 Å². The molecule has 0 aromatic heterocycles. The first kappa shape index (κ1) is 19.6. The molecule has 0 aliphatic carbocycles. The lowest BCUT2D eigenvalue weighted by Crippen LogP contribution is -2.47. The molecule has 0 radical (unpaired) electrons. The molecule has 2 saturated heterocycles. The fourth-order valence-corrected chi connectivity index (χ4v) is 3.56. The van der Waals surface area contributed by atoms with Crippen molar-refractivity contribution in [1.82, 2.24) is 5.32 Å². The van der Waals surface area contributed by atoms with Crippen molar-refractivity contribution in [3.05, 3.63) is 23.8 Å². The van der Waals surface area contributed by atoms with E-state index in [1.807, 2.05) is 7.05 Å². The van der Waals surface area contributed by atoms with E-state index in [0.717, 1.165) is 12.8 Å². The van der Waals surface area contributed by atoms with Crippen molar-refractivity contribution >= 4 is 0 Å². The van der Waals surface area contributed by atoms with E-state index in [1.165, 1.54) is 12.0 Å². The third-order valence-corrected chi connectivity index (χ3v) is 5.22. The summed E-state index contributed by atoms with van der Waals surface area (Å²) in [5.74, 6) is 0.579. The Morgan fingerprint density at radius 2 is 1.88 bits per heavy atom. The lowest BCUT2D eigenvalue weighted by Gasteiger charge is -2.38.